The molecule has 1 aromatic heterocycles. The first-order valence-electron chi connectivity index (χ1n) is 5.62. The Hall–Kier alpha value is -2.01. The minimum Gasteiger partial charge on any atom is -0.494 e. The van der Waals surface area contributed by atoms with Gasteiger partial charge in [0.2, 0.25) is 5.88 Å². The fourth-order valence-corrected chi connectivity index (χ4v) is 1.86. The Kier molecular flexibility index (Phi) is 4.06. The molecule has 0 atom stereocenters. The van der Waals surface area contributed by atoms with Crippen molar-refractivity contribution in [2.24, 2.45) is 0 Å². The van der Waals surface area contributed by atoms with Crippen LogP contribution in [0.25, 0.3) is 10.9 Å². The average Bonchev–Trinajstić information content (AvgIpc) is 2.44. The van der Waals surface area contributed by atoms with E-state index in [-0.39, 0.29) is 18.4 Å². The highest BCUT2D eigenvalue weighted by Gasteiger charge is 2.10. The van der Waals surface area contributed by atoms with Gasteiger partial charge in [0.1, 0.15) is 11.3 Å². The molecule has 2 aromatic rings. The number of aromatic nitrogens is 1. The topological polar surface area (TPSA) is 60.5 Å². The molecule has 0 radical (unpaired) electrons. The number of nitrogens with zero attached hydrogens (tertiary/aromatic N) is 1. The van der Waals surface area contributed by atoms with Crippen molar-refractivity contribution in [1.82, 2.24) is 10.3 Å². The van der Waals surface area contributed by atoms with Crippen molar-refractivity contribution >= 4 is 28.4 Å². The molecule has 0 aliphatic rings. The Bertz CT molecular complexity index is 616. The quantitative estimate of drug-likeness (QED) is 0.931. The molecule has 1 amide bonds. The van der Waals surface area contributed by atoms with Crippen molar-refractivity contribution in [3.63, 3.8) is 0 Å². The van der Waals surface area contributed by atoms with Crippen LogP contribution in [-0.2, 0) is 4.79 Å². The van der Waals surface area contributed by atoms with Crippen LogP contribution in [-0.4, -0.2) is 31.7 Å². The monoisotopic (exact) mass is 280 g/mol. The van der Waals surface area contributed by atoms with E-state index in [4.69, 9.17) is 21.1 Å². The molecule has 0 saturated heterocycles. The minimum atomic E-state index is -0.238. The first kappa shape index (κ1) is 13.4. The van der Waals surface area contributed by atoms with Crippen molar-refractivity contribution in [1.29, 1.82) is 0 Å². The van der Waals surface area contributed by atoms with Gasteiger partial charge in [-0.25, -0.2) is 4.98 Å². The number of pyridine rings is 1. The van der Waals surface area contributed by atoms with Crippen molar-refractivity contribution in [2.75, 3.05) is 20.8 Å². The summed E-state index contributed by atoms with van der Waals surface area (Å²) in [5.74, 6) is 0.647. The van der Waals surface area contributed by atoms with Gasteiger partial charge < -0.3 is 14.8 Å². The molecular weight excluding hydrogens is 268 g/mol. The van der Waals surface area contributed by atoms with Crippen LogP contribution in [0, 0.1) is 0 Å². The van der Waals surface area contributed by atoms with Gasteiger partial charge in [0.05, 0.1) is 12.1 Å². The third kappa shape index (κ3) is 2.88. The lowest BCUT2D eigenvalue weighted by Gasteiger charge is -2.09. The van der Waals surface area contributed by atoms with Gasteiger partial charge in [0, 0.05) is 18.5 Å². The van der Waals surface area contributed by atoms with E-state index in [1.54, 1.807) is 19.2 Å². The fraction of sp³-hybridized carbons (Fsp3) is 0.231. The normalized spacial score (nSPS) is 10.3. The molecular formula is C13H13ClN2O3. The smallest absolute Gasteiger partial charge is 0.257 e. The number of rotatable bonds is 4. The molecule has 0 bridgehead atoms. The van der Waals surface area contributed by atoms with E-state index in [0.717, 1.165) is 5.39 Å². The van der Waals surface area contributed by atoms with Gasteiger partial charge in [0.25, 0.3) is 5.91 Å². The Labute approximate surface area is 115 Å². The maximum atomic E-state index is 11.1. The predicted octanol–water partition coefficient (Wildman–Crippen LogP) is 2.02. The van der Waals surface area contributed by atoms with Gasteiger partial charge in [-0.1, -0.05) is 23.7 Å². The molecule has 0 aliphatic carbocycles. The van der Waals surface area contributed by atoms with E-state index in [9.17, 15) is 4.79 Å². The Morgan fingerprint density at radius 1 is 1.47 bits per heavy atom. The molecule has 1 aromatic carbocycles. The minimum absolute atomic E-state index is 0.111. The standard InChI is InChI=1S/C13H13ClN2O3/c1-15-11(17)7-19-12-6-9(14)8-4-3-5-10(18-2)13(8)16-12/h3-6H,7H2,1-2H3,(H,15,17). The van der Waals surface area contributed by atoms with Crippen molar-refractivity contribution < 1.29 is 14.3 Å². The highest BCUT2D eigenvalue weighted by atomic mass is 35.5. The van der Waals surface area contributed by atoms with Gasteiger partial charge in [-0.3, -0.25) is 4.79 Å². The van der Waals surface area contributed by atoms with Crippen LogP contribution >= 0.6 is 11.6 Å². The van der Waals surface area contributed by atoms with Gasteiger partial charge >= 0.3 is 0 Å². The third-order valence-electron chi connectivity index (χ3n) is 2.58. The van der Waals surface area contributed by atoms with Gasteiger partial charge in [-0.2, -0.15) is 0 Å². The number of para-hydroxylation sites is 1. The van der Waals surface area contributed by atoms with Crippen molar-refractivity contribution in [3.05, 3.63) is 29.3 Å². The van der Waals surface area contributed by atoms with Crippen molar-refractivity contribution in [2.45, 2.75) is 0 Å². The summed E-state index contributed by atoms with van der Waals surface area (Å²) in [6.45, 7) is -0.111. The number of nitrogens with one attached hydrogen (secondary N) is 1. The molecule has 19 heavy (non-hydrogen) atoms. The van der Waals surface area contributed by atoms with Gasteiger partial charge in [-0.05, 0) is 6.07 Å². The Morgan fingerprint density at radius 2 is 2.26 bits per heavy atom. The van der Waals surface area contributed by atoms with E-state index >= 15 is 0 Å². The highest BCUT2D eigenvalue weighted by molar-refractivity contribution is 6.35. The number of hydrogen-bond donors (Lipinski definition) is 1. The maximum Gasteiger partial charge on any atom is 0.257 e. The molecule has 100 valence electrons. The fourth-order valence-electron chi connectivity index (χ4n) is 1.61. The molecule has 2 rings (SSSR count). The maximum absolute atomic E-state index is 11.1. The summed E-state index contributed by atoms with van der Waals surface area (Å²) in [5, 5.41) is 3.73. The number of fused-ring (bicyclic) bond motifs is 1. The predicted molar refractivity (Wildman–Crippen MR) is 72.9 cm³/mol. The number of hydrogen-bond acceptors (Lipinski definition) is 4. The molecule has 6 heteroatoms. The average molecular weight is 281 g/mol. The second-order valence-electron chi connectivity index (χ2n) is 3.76. The van der Waals surface area contributed by atoms with E-state index < -0.39 is 0 Å². The second kappa shape index (κ2) is 5.75. The number of amides is 1. The number of halogens is 1. The Balaban J connectivity index is 2.39. The molecule has 0 saturated carbocycles. The Morgan fingerprint density at radius 3 is 2.95 bits per heavy atom. The number of carbonyl (C=O) groups is 1. The summed E-state index contributed by atoms with van der Waals surface area (Å²) in [5.41, 5.74) is 0.601. The summed E-state index contributed by atoms with van der Waals surface area (Å²) >= 11 is 6.16. The van der Waals surface area contributed by atoms with Crippen LogP contribution < -0.4 is 14.8 Å². The number of methoxy groups -OCH3 is 1. The molecule has 1 N–H and O–H groups in total. The third-order valence-corrected chi connectivity index (χ3v) is 2.89. The molecule has 5 nitrogen and oxygen atoms in total. The van der Waals surface area contributed by atoms with Crippen LogP contribution in [0.4, 0.5) is 0 Å². The van der Waals surface area contributed by atoms with Crippen LogP contribution in [0.3, 0.4) is 0 Å². The number of carbonyl (C=O) groups excluding carboxylic acids is 1. The van der Waals surface area contributed by atoms with Gasteiger partial charge in [0.15, 0.2) is 6.61 Å². The van der Waals surface area contributed by atoms with Crippen LogP contribution in [0.5, 0.6) is 11.6 Å². The van der Waals surface area contributed by atoms with E-state index in [0.29, 0.717) is 16.3 Å². The lowest BCUT2D eigenvalue weighted by molar-refractivity contribution is -0.122. The first-order valence-corrected chi connectivity index (χ1v) is 6.00. The number of likely N-dealkylation sites (N-methyl/N-ethyl adjacent to an activating group) is 1. The summed E-state index contributed by atoms with van der Waals surface area (Å²) in [6, 6.07) is 7.04. The van der Waals surface area contributed by atoms with Crippen molar-refractivity contribution in [3.8, 4) is 11.6 Å². The molecule has 0 aliphatic heterocycles. The van der Waals surface area contributed by atoms with E-state index in [1.807, 2.05) is 12.1 Å². The molecule has 0 fully saturated rings. The number of benzene rings is 1. The van der Waals surface area contributed by atoms with Gasteiger partial charge in [-0.15, -0.1) is 0 Å². The zero-order valence-electron chi connectivity index (χ0n) is 10.6. The van der Waals surface area contributed by atoms with Crippen LogP contribution in [0.2, 0.25) is 5.02 Å². The molecule has 1 heterocycles. The zero-order chi connectivity index (χ0) is 13.8. The summed E-state index contributed by atoms with van der Waals surface area (Å²) in [4.78, 5) is 15.4. The van der Waals surface area contributed by atoms with Crippen LogP contribution in [0.15, 0.2) is 24.3 Å². The lowest BCUT2D eigenvalue weighted by atomic mass is 10.2. The summed E-state index contributed by atoms with van der Waals surface area (Å²) in [6.07, 6.45) is 0. The SMILES string of the molecule is CNC(=O)COc1cc(Cl)c2cccc(OC)c2n1. The molecule has 0 spiro atoms. The van der Waals surface area contributed by atoms with Crippen LogP contribution in [0.1, 0.15) is 0 Å². The number of ether oxygens (including phenoxy) is 2. The zero-order valence-corrected chi connectivity index (χ0v) is 11.3. The summed E-state index contributed by atoms with van der Waals surface area (Å²) < 4.78 is 10.5. The second-order valence-corrected chi connectivity index (χ2v) is 4.17. The van der Waals surface area contributed by atoms with E-state index in [1.165, 1.54) is 7.05 Å². The highest BCUT2D eigenvalue weighted by Crippen LogP contribution is 2.31. The first-order chi connectivity index (χ1) is 9.15. The summed E-state index contributed by atoms with van der Waals surface area (Å²) in [7, 11) is 3.10. The van der Waals surface area contributed by atoms with E-state index in [2.05, 4.69) is 10.3 Å². The largest absolute Gasteiger partial charge is 0.494 e. The molecule has 0 unspecified atom stereocenters. The lowest BCUT2D eigenvalue weighted by Crippen LogP contribution is -2.25.